The lowest BCUT2D eigenvalue weighted by molar-refractivity contribution is 0.700. The fraction of sp³-hybridized carbons (Fsp3) is 0.600. The van der Waals surface area contributed by atoms with E-state index in [1.807, 2.05) is 11.3 Å². The Morgan fingerprint density at radius 1 is 1.05 bits per heavy atom. The summed E-state index contributed by atoms with van der Waals surface area (Å²) >= 11 is 7.93. The van der Waals surface area contributed by atoms with Gasteiger partial charge in [0.15, 0.2) is 0 Å². The molecule has 1 N–H and O–H groups in total. The molecule has 2 aromatic rings. The van der Waals surface area contributed by atoms with Gasteiger partial charge in [-0.3, -0.25) is 0 Å². The van der Waals surface area contributed by atoms with Gasteiger partial charge in [-0.05, 0) is 55.7 Å². The van der Waals surface area contributed by atoms with E-state index in [1.165, 1.54) is 67.2 Å². The van der Waals surface area contributed by atoms with Crippen LogP contribution < -0.4 is 5.32 Å². The number of nitrogens with zero attached hydrogens (tertiary/aromatic N) is 2. The zero-order valence-corrected chi connectivity index (χ0v) is 13.0. The summed E-state index contributed by atoms with van der Waals surface area (Å²) in [7, 11) is 0. The van der Waals surface area contributed by atoms with E-state index < -0.39 is 0 Å². The minimum atomic E-state index is 0.372. The fourth-order valence-corrected chi connectivity index (χ4v) is 4.98. The zero-order chi connectivity index (χ0) is 13.5. The highest BCUT2D eigenvalue weighted by molar-refractivity contribution is 7.19. The maximum atomic E-state index is 6.12. The molecule has 106 valence electrons. The highest BCUT2D eigenvalue weighted by Crippen LogP contribution is 2.39. The van der Waals surface area contributed by atoms with Crippen LogP contribution in [0, 0.1) is 0 Å². The summed E-state index contributed by atoms with van der Waals surface area (Å²) in [6.07, 6.45) is 10.1. The van der Waals surface area contributed by atoms with E-state index in [-0.39, 0.29) is 0 Å². The third-order valence-electron chi connectivity index (χ3n) is 4.48. The van der Waals surface area contributed by atoms with Crippen LogP contribution >= 0.6 is 22.9 Å². The Labute approximate surface area is 127 Å². The molecule has 0 amide bonds. The number of fused-ring (bicyclic) bond motifs is 3. The van der Waals surface area contributed by atoms with E-state index in [4.69, 9.17) is 11.6 Å². The molecule has 0 unspecified atom stereocenters. The van der Waals surface area contributed by atoms with E-state index in [1.54, 1.807) is 0 Å². The number of aryl methyl sites for hydroxylation is 2. The number of hydrogen-bond donors (Lipinski definition) is 1. The Bertz CT molecular complexity index is 646. The molecule has 2 heterocycles. The molecule has 1 saturated carbocycles. The van der Waals surface area contributed by atoms with Crippen LogP contribution in [-0.2, 0) is 12.8 Å². The SMILES string of the molecule is Clc1nc(NC2CCCC2)c2c3c(sc2n1)CCCC3. The summed E-state index contributed by atoms with van der Waals surface area (Å²) in [5, 5.41) is 5.25. The van der Waals surface area contributed by atoms with Crippen LogP contribution in [0.4, 0.5) is 5.82 Å². The van der Waals surface area contributed by atoms with E-state index in [0.29, 0.717) is 11.3 Å². The Kier molecular flexibility index (Phi) is 3.31. The number of thiophene rings is 1. The number of rotatable bonds is 2. The molecular formula is C15H18ClN3S. The summed E-state index contributed by atoms with van der Waals surface area (Å²) in [4.78, 5) is 11.5. The Hall–Kier alpha value is -0.870. The van der Waals surface area contributed by atoms with Gasteiger partial charge in [0.2, 0.25) is 5.28 Å². The molecule has 0 aliphatic heterocycles. The second-order valence-corrected chi connectivity index (χ2v) is 7.28. The smallest absolute Gasteiger partial charge is 0.225 e. The molecule has 2 aliphatic rings. The van der Waals surface area contributed by atoms with Crippen molar-refractivity contribution in [1.82, 2.24) is 9.97 Å². The lowest BCUT2D eigenvalue weighted by atomic mass is 9.97. The molecule has 2 aromatic heterocycles. The van der Waals surface area contributed by atoms with Crippen LogP contribution in [0.25, 0.3) is 10.2 Å². The van der Waals surface area contributed by atoms with E-state index in [2.05, 4.69) is 15.3 Å². The van der Waals surface area contributed by atoms with Crippen molar-refractivity contribution in [3.8, 4) is 0 Å². The Morgan fingerprint density at radius 3 is 2.70 bits per heavy atom. The topological polar surface area (TPSA) is 37.8 Å². The molecular weight excluding hydrogens is 290 g/mol. The van der Waals surface area contributed by atoms with Gasteiger partial charge in [0.05, 0.1) is 5.39 Å². The maximum absolute atomic E-state index is 6.12. The minimum Gasteiger partial charge on any atom is -0.367 e. The van der Waals surface area contributed by atoms with Crippen molar-refractivity contribution in [1.29, 1.82) is 0 Å². The van der Waals surface area contributed by atoms with Crippen molar-refractivity contribution >= 4 is 39.0 Å². The molecule has 0 aromatic carbocycles. The average molecular weight is 308 g/mol. The van der Waals surface area contributed by atoms with Crippen molar-refractivity contribution in [2.45, 2.75) is 57.4 Å². The third-order valence-corrected chi connectivity index (χ3v) is 5.84. The van der Waals surface area contributed by atoms with E-state index in [9.17, 15) is 0 Å². The molecule has 20 heavy (non-hydrogen) atoms. The number of halogens is 1. The summed E-state index contributed by atoms with van der Waals surface area (Å²) in [5.74, 6) is 0.978. The monoisotopic (exact) mass is 307 g/mol. The first kappa shape index (κ1) is 12.8. The first-order valence-corrected chi connectivity index (χ1v) is 8.75. The van der Waals surface area contributed by atoms with Gasteiger partial charge in [-0.1, -0.05) is 12.8 Å². The molecule has 3 nitrogen and oxygen atoms in total. The Balaban J connectivity index is 1.82. The van der Waals surface area contributed by atoms with Gasteiger partial charge < -0.3 is 5.32 Å². The number of nitrogens with one attached hydrogen (secondary N) is 1. The van der Waals surface area contributed by atoms with Crippen LogP contribution in [0.2, 0.25) is 5.28 Å². The quantitative estimate of drug-likeness (QED) is 0.825. The molecule has 5 heteroatoms. The molecule has 0 bridgehead atoms. The highest BCUT2D eigenvalue weighted by Gasteiger charge is 2.23. The third kappa shape index (κ3) is 2.19. The highest BCUT2D eigenvalue weighted by atomic mass is 35.5. The molecule has 1 fully saturated rings. The van der Waals surface area contributed by atoms with Crippen LogP contribution in [0.1, 0.15) is 49.0 Å². The summed E-state index contributed by atoms with van der Waals surface area (Å²) in [5.41, 5.74) is 1.48. The number of aromatic nitrogens is 2. The fourth-order valence-electron chi connectivity index (χ4n) is 3.50. The minimum absolute atomic E-state index is 0.372. The predicted molar refractivity (Wildman–Crippen MR) is 84.9 cm³/mol. The second-order valence-electron chi connectivity index (χ2n) is 5.86. The van der Waals surface area contributed by atoms with E-state index >= 15 is 0 Å². The second kappa shape index (κ2) is 5.15. The maximum Gasteiger partial charge on any atom is 0.225 e. The van der Waals surface area contributed by atoms with Gasteiger partial charge in [0, 0.05) is 10.9 Å². The van der Waals surface area contributed by atoms with Crippen LogP contribution in [0.3, 0.4) is 0 Å². The largest absolute Gasteiger partial charge is 0.367 e. The van der Waals surface area contributed by atoms with Crippen LogP contribution in [0.15, 0.2) is 0 Å². The first-order valence-electron chi connectivity index (χ1n) is 7.55. The molecule has 2 aliphatic carbocycles. The number of hydrogen-bond acceptors (Lipinski definition) is 4. The zero-order valence-electron chi connectivity index (χ0n) is 11.4. The summed E-state index contributed by atoms with van der Waals surface area (Å²) < 4.78 is 0. The molecule has 0 atom stereocenters. The van der Waals surface area contributed by atoms with Gasteiger partial charge in [-0.25, -0.2) is 9.97 Å². The van der Waals surface area contributed by atoms with Gasteiger partial charge >= 0.3 is 0 Å². The van der Waals surface area contributed by atoms with Gasteiger partial charge in [0.1, 0.15) is 10.6 Å². The van der Waals surface area contributed by atoms with Crippen LogP contribution in [0.5, 0.6) is 0 Å². The van der Waals surface area contributed by atoms with Crippen molar-refractivity contribution in [2.75, 3.05) is 5.32 Å². The predicted octanol–water partition coefficient (Wildman–Crippen LogP) is 4.58. The summed E-state index contributed by atoms with van der Waals surface area (Å²) in [6.45, 7) is 0. The average Bonchev–Trinajstić information content (AvgIpc) is 3.04. The number of anilines is 1. The van der Waals surface area contributed by atoms with Gasteiger partial charge in [-0.2, -0.15) is 0 Å². The standard InChI is InChI=1S/C15H18ClN3S/c16-15-18-13(17-9-5-1-2-6-9)12-10-7-3-4-8-11(10)20-14(12)19-15/h9H,1-8H2,(H,17,18,19). The normalized spacial score (nSPS) is 19.4. The van der Waals surface area contributed by atoms with Crippen molar-refractivity contribution < 1.29 is 0 Å². The van der Waals surface area contributed by atoms with E-state index in [0.717, 1.165) is 10.6 Å². The first-order chi connectivity index (χ1) is 9.81. The lowest BCUT2D eigenvalue weighted by Gasteiger charge is -2.16. The van der Waals surface area contributed by atoms with Crippen molar-refractivity contribution in [2.24, 2.45) is 0 Å². The molecule has 4 rings (SSSR count). The van der Waals surface area contributed by atoms with Crippen molar-refractivity contribution in [3.63, 3.8) is 0 Å². The molecule has 0 saturated heterocycles. The molecule has 0 radical (unpaired) electrons. The summed E-state index contributed by atoms with van der Waals surface area (Å²) in [6, 6.07) is 0.559. The van der Waals surface area contributed by atoms with Crippen LogP contribution in [-0.4, -0.2) is 16.0 Å². The van der Waals surface area contributed by atoms with Gasteiger partial charge in [-0.15, -0.1) is 11.3 Å². The lowest BCUT2D eigenvalue weighted by Crippen LogP contribution is -2.16. The van der Waals surface area contributed by atoms with Crippen molar-refractivity contribution in [3.05, 3.63) is 15.7 Å². The molecule has 0 spiro atoms. The Morgan fingerprint density at radius 2 is 1.85 bits per heavy atom. The van der Waals surface area contributed by atoms with Gasteiger partial charge in [0.25, 0.3) is 0 Å².